The van der Waals surface area contributed by atoms with E-state index in [0.717, 1.165) is 10.1 Å². The zero-order valence-corrected chi connectivity index (χ0v) is 11.6. The van der Waals surface area contributed by atoms with E-state index in [9.17, 15) is 13.2 Å². The Morgan fingerprint density at radius 1 is 1.35 bits per heavy atom. The summed E-state index contributed by atoms with van der Waals surface area (Å²) in [6.45, 7) is 0. The minimum Gasteiger partial charge on any atom is -0.496 e. The van der Waals surface area contributed by atoms with Crippen molar-refractivity contribution in [3.05, 3.63) is 35.8 Å². The predicted molar refractivity (Wildman–Crippen MR) is 69.8 cm³/mol. The molecule has 0 spiro atoms. The fourth-order valence-electron chi connectivity index (χ4n) is 1.89. The number of hydrogen-bond donors (Lipinski definition) is 0. The van der Waals surface area contributed by atoms with Crippen LogP contribution >= 0.6 is 11.6 Å². The quantitative estimate of drug-likeness (QED) is 0.805. The molecule has 0 saturated carbocycles. The zero-order chi connectivity index (χ0) is 14.9. The molecule has 1 heterocycles. The first-order chi connectivity index (χ1) is 9.36. The maximum Gasteiger partial charge on any atom is 0.449 e. The molecule has 0 aliphatic carbocycles. The largest absolute Gasteiger partial charge is 0.496 e. The van der Waals surface area contributed by atoms with Crippen LogP contribution in [0.15, 0.2) is 24.4 Å². The SMILES string of the molecule is COc1cc(CCl)ccc1-c1cn(C)c(C(F)(F)F)n1. The highest BCUT2D eigenvalue weighted by Gasteiger charge is 2.36. The normalized spacial score (nSPS) is 11.7. The summed E-state index contributed by atoms with van der Waals surface area (Å²) in [5, 5.41) is 0. The molecule has 0 fully saturated rings. The second-order valence-corrected chi connectivity index (χ2v) is 4.49. The van der Waals surface area contributed by atoms with E-state index in [0.29, 0.717) is 17.2 Å². The highest BCUT2D eigenvalue weighted by molar-refractivity contribution is 6.17. The lowest BCUT2D eigenvalue weighted by Gasteiger charge is -2.07. The van der Waals surface area contributed by atoms with Crippen LogP contribution < -0.4 is 4.74 Å². The monoisotopic (exact) mass is 304 g/mol. The van der Waals surface area contributed by atoms with Crippen LogP contribution in [0.2, 0.25) is 0 Å². The third-order valence-electron chi connectivity index (χ3n) is 2.83. The Labute approximate surface area is 119 Å². The van der Waals surface area contributed by atoms with Crippen molar-refractivity contribution >= 4 is 11.6 Å². The van der Waals surface area contributed by atoms with Gasteiger partial charge in [0.25, 0.3) is 0 Å². The Hall–Kier alpha value is -1.69. The summed E-state index contributed by atoms with van der Waals surface area (Å²) in [5.74, 6) is -0.210. The smallest absolute Gasteiger partial charge is 0.449 e. The van der Waals surface area contributed by atoms with Crippen molar-refractivity contribution in [3.63, 3.8) is 0 Å². The average Bonchev–Trinajstić information content (AvgIpc) is 2.79. The van der Waals surface area contributed by atoms with Gasteiger partial charge >= 0.3 is 6.18 Å². The van der Waals surface area contributed by atoms with E-state index in [1.165, 1.54) is 20.4 Å². The molecule has 0 radical (unpaired) electrons. The number of benzene rings is 1. The molecule has 2 rings (SSSR count). The van der Waals surface area contributed by atoms with Crippen LogP contribution in [-0.4, -0.2) is 16.7 Å². The van der Waals surface area contributed by atoms with Gasteiger partial charge in [0.1, 0.15) is 5.75 Å². The van der Waals surface area contributed by atoms with Crippen molar-refractivity contribution in [3.8, 4) is 17.0 Å². The molecule has 3 nitrogen and oxygen atoms in total. The third-order valence-corrected chi connectivity index (χ3v) is 3.13. The lowest BCUT2D eigenvalue weighted by atomic mass is 10.1. The maximum absolute atomic E-state index is 12.7. The molecule has 0 aliphatic heterocycles. The number of halogens is 4. The van der Waals surface area contributed by atoms with Crippen LogP contribution in [-0.2, 0) is 19.1 Å². The molecule has 1 aromatic heterocycles. The average molecular weight is 305 g/mol. The van der Waals surface area contributed by atoms with E-state index in [-0.39, 0.29) is 5.69 Å². The summed E-state index contributed by atoms with van der Waals surface area (Å²) in [6.07, 6.45) is -3.17. The van der Waals surface area contributed by atoms with Crippen LogP contribution in [0.3, 0.4) is 0 Å². The standard InChI is InChI=1S/C13H12ClF3N2O/c1-19-7-10(18-12(19)13(15,16)17)9-4-3-8(6-14)5-11(9)20-2/h3-5,7H,6H2,1-2H3. The summed E-state index contributed by atoms with van der Waals surface area (Å²) in [7, 11) is 2.75. The van der Waals surface area contributed by atoms with E-state index in [4.69, 9.17) is 16.3 Å². The molecule has 0 bridgehead atoms. The minimum absolute atomic E-state index is 0.206. The second kappa shape index (κ2) is 5.36. The van der Waals surface area contributed by atoms with E-state index < -0.39 is 12.0 Å². The number of methoxy groups -OCH3 is 1. The van der Waals surface area contributed by atoms with Gasteiger partial charge in [-0.2, -0.15) is 13.2 Å². The van der Waals surface area contributed by atoms with Gasteiger partial charge in [-0.3, -0.25) is 0 Å². The van der Waals surface area contributed by atoms with Gasteiger partial charge in [0.2, 0.25) is 5.82 Å². The minimum atomic E-state index is -4.49. The zero-order valence-electron chi connectivity index (χ0n) is 10.8. The first-order valence-corrected chi connectivity index (χ1v) is 6.24. The number of rotatable bonds is 3. The summed E-state index contributed by atoms with van der Waals surface area (Å²) in [5.41, 5.74) is 1.52. The Kier molecular flexibility index (Phi) is 3.94. The first kappa shape index (κ1) is 14.7. The lowest BCUT2D eigenvalue weighted by Crippen LogP contribution is -2.12. The summed E-state index contributed by atoms with van der Waals surface area (Å²) in [6, 6.07) is 5.07. The number of aryl methyl sites for hydroxylation is 1. The van der Waals surface area contributed by atoms with E-state index in [1.54, 1.807) is 18.2 Å². The van der Waals surface area contributed by atoms with Gasteiger partial charge in [0.15, 0.2) is 0 Å². The van der Waals surface area contributed by atoms with Crippen molar-refractivity contribution < 1.29 is 17.9 Å². The molecule has 0 N–H and O–H groups in total. The molecule has 7 heteroatoms. The number of alkyl halides is 4. The van der Waals surface area contributed by atoms with Crippen molar-refractivity contribution in [1.29, 1.82) is 0 Å². The summed E-state index contributed by atoms with van der Waals surface area (Å²) in [4.78, 5) is 3.64. The third kappa shape index (κ3) is 2.75. The number of aromatic nitrogens is 2. The Bertz CT molecular complexity index is 623. The van der Waals surface area contributed by atoms with Gasteiger partial charge in [-0.05, 0) is 17.7 Å². The van der Waals surface area contributed by atoms with Crippen LogP contribution in [0.25, 0.3) is 11.3 Å². The molecule has 20 heavy (non-hydrogen) atoms. The molecular weight excluding hydrogens is 293 g/mol. The Morgan fingerprint density at radius 2 is 2.05 bits per heavy atom. The molecule has 108 valence electrons. The molecule has 0 unspecified atom stereocenters. The van der Waals surface area contributed by atoms with Crippen molar-refractivity contribution in [2.45, 2.75) is 12.1 Å². The molecule has 0 amide bonds. The Morgan fingerprint density at radius 3 is 2.55 bits per heavy atom. The van der Waals surface area contributed by atoms with Crippen molar-refractivity contribution in [1.82, 2.24) is 9.55 Å². The fourth-order valence-corrected chi connectivity index (χ4v) is 2.06. The highest BCUT2D eigenvalue weighted by Crippen LogP contribution is 2.34. The number of ether oxygens (including phenoxy) is 1. The molecule has 1 aromatic carbocycles. The molecular formula is C13H12ClF3N2O. The number of imidazole rings is 1. The number of hydrogen-bond acceptors (Lipinski definition) is 2. The van der Waals surface area contributed by atoms with Gasteiger partial charge in [0, 0.05) is 24.7 Å². The number of nitrogens with zero attached hydrogens (tertiary/aromatic N) is 2. The van der Waals surface area contributed by atoms with Gasteiger partial charge in [-0.15, -0.1) is 11.6 Å². The van der Waals surface area contributed by atoms with Crippen LogP contribution in [0.5, 0.6) is 5.75 Å². The van der Waals surface area contributed by atoms with Gasteiger partial charge in [-0.1, -0.05) is 6.07 Å². The topological polar surface area (TPSA) is 27.1 Å². The van der Waals surface area contributed by atoms with Gasteiger partial charge < -0.3 is 9.30 Å². The van der Waals surface area contributed by atoms with Gasteiger partial charge in [-0.25, -0.2) is 4.98 Å². The second-order valence-electron chi connectivity index (χ2n) is 4.23. The molecule has 0 saturated heterocycles. The summed E-state index contributed by atoms with van der Waals surface area (Å²) < 4.78 is 44.4. The molecule has 0 atom stereocenters. The van der Waals surface area contributed by atoms with E-state index in [2.05, 4.69) is 4.98 Å². The lowest BCUT2D eigenvalue weighted by molar-refractivity contribution is -0.146. The Balaban J connectivity index is 2.52. The van der Waals surface area contributed by atoms with Crippen molar-refractivity contribution in [2.24, 2.45) is 7.05 Å². The molecule has 2 aromatic rings. The first-order valence-electron chi connectivity index (χ1n) is 5.70. The van der Waals surface area contributed by atoms with Crippen LogP contribution in [0.1, 0.15) is 11.4 Å². The van der Waals surface area contributed by atoms with E-state index >= 15 is 0 Å². The van der Waals surface area contributed by atoms with Crippen LogP contribution in [0.4, 0.5) is 13.2 Å². The molecule has 0 aliphatic rings. The van der Waals surface area contributed by atoms with E-state index in [1.807, 2.05) is 0 Å². The van der Waals surface area contributed by atoms with Crippen LogP contribution in [0, 0.1) is 0 Å². The van der Waals surface area contributed by atoms with Gasteiger partial charge in [0.05, 0.1) is 12.8 Å². The fraction of sp³-hybridized carbons (Fsp3) is 0.308. The predicted octanol–water partition coefficient (Wildman–Crippen LogP) is 3.85. The highest BCUT2D eigenvalue weighted by atomic mass is 35.5. The maximum atomic E-state index is 12.7. The van der Waals surface area contributed by atoms with Crippen molar-refractivity contribution in [2.75, 3.05) is 7.11 Å². The summed E-state index contributed by atoms with van der Waals surface area (Å²) >= 11 is 5.72.